The van der Waals surface area contributed by atoms with Crippen molar-refractivity contribution in [3.8, 4) is 0 Å². The highest BCUT2D eigenvalue weighted by atomic mass is 35.5. The van der Waals surface area contributed by atoms with E-state index in [2.05, 4.69) is 55.8 Å². The molecule has 0 atom stereocenters. The lowest BCUT2D eigenvalue weighted by atomic mass is 9.87. The molecule has 170 valence electrons. The Morgan fingerprint density at radius 3 is 2.31 bits per heavy atom. The minimum Gasteiger partial charge on any atom is -0.486 e. The molecule has 2 saturated heterocycles. The van der Waals surface area contributed by atoms with E-state index in [1.165, 1.54) is 5.56 Å². The average molecular weight is 454 g/mol. The number of halogens is 1. The van der Waals surface area contributed by atoms with Gasteiger partial charge in [0, 0.05) is 43.1 Å². The van der Waals surface area contributed by atoms with E-state index in [4.69, 9.17) is 16.3 Å². The molecule has 1 amide bonds. The Labute approximate surface area is 196 Å². The fourth-order valence-electron chi connectivity index (χ4n) is 4.16. The molecule has 32 heavy (non-hydrogen) atoms. The van der Waals surface area contributed by atoms with Gasteiger partial charge in [-0.2, -0.15) is 0 Å². The van der Waals surface area contributed by atoms with Crippen molar-refractivity contribution < 1.29 is 9.53 Å². The first-order valence-electron chi connectivity index (χ1n) is 11.2. The number of nitrogens with zero attached hydrogens (tertiary/aromatic N) is 3. The van der Waals surface area contributed by atoms with Crippen LogP contribution < -0.4 is 9.80 Å². The summed E-state index contributed by atoms with van der Waals surface area (Å²) < 4.78 is 5.82. The number of hydrogen-bond donors (Lipinski definition) is 0. The van der Waals surface area contributed by atoms with E-state index in [0.29, 0.717) is 23.9 Å². The van der Waals surface area contributed by atoms with Crippen LogP contribution in [0.5, 0.6) is 0 Å². The second-order valence-electron chi connectivity index (χ2n) is 9.57. The van der Waals surface area contributed by atoms with E-state index in [1.54, 1.807) is 4.90 Å². The number of likely N-dealkylation sites (N-methyl/N-ethyl adjacent to an activating group) is 1. The van der Waals surface area contributed by atoms with Gasteiger partial charge in [-0.05, 0) is 48.4 Å². The Balaban J connectivity index is 1.62. The highest BCUT2D eigenvalue weighted by molar-refractivity contribution is 6.32. The number of hydrogen-bond acceptors (Lipinski definition) is 4. The summed E-state index contributed by atoms with van der Waals surface area (Å²) in [6.07, 6.45) is 1.81. The molecule has 2 aromatic carbocycles. The number of ether oxygens (including phenoxy) is 1. The first-order valence-corrected chi connectivity index (χ1v) is 11.6. The SMILES string of the molecule is CN1CCN(c2cccc(Cl)c2C=C2OCCN(c3ccc(C(C)(C)C)cc3)C2=O)CC1. The average Bonchev–Trinajstić information content (AvgIpc) is 2.76. The Bertz CT molecular complexity index is 1000. The second kappa shape index (κ2) is 9.16. The van der Waals surface area contributed by atoms with Crippen molar-refractivity contribution in [3.63, 3.8) is 0 Å². The van der Waals surface area contributed by atoms with Gasteiger partial charge < -0.3 is 19.4 Å². The van der Waals surface area contributed by atoms with E-state index in [0.717, 1.165) is 43.1 Å². The molecule has 0 unspecified atom stereocenters. The van der Waals surface area contributed by atoms with Crippen LogP contribution in [0.3, 0.4) is 0 Å². The third-order valence-corrected chi connectivity index (χ3v) is 6.55. The van der Waals surface area contributed by atoms with Gasteiger partial charge in [0.2, 0.25) is 0 Å². The summed E-state index contributed by atoms with van der Waals surface area (Å²) >= 11 is 6.60. The van der Waals surface area contributed by atoms with Crippen LogP contribution in [0.25, 0.3) is 6.08 Å². The molecule has 5 nitrogen and oxygen atoms in total. The molecule has 2 heterocycles. The topological polar surface area (TPSA) is 36.0 Å². The minimum absolute atomic E-state index is 0.0718. The van der Waals surface area contributed by atoms with Crippen LogP contribution in [0.2, 0.25) is 5.02 Å². The zero-order valence-corrected chi connectivity index (χ0v) is 20.2. The number of carbonyl (C=O) groups is 1. The molecule has 2 fully saturated rings. The van der Waals surface area contributed by atoms with E-state index in [-0.39, 0.29) is 11.3 Å². The Morgan fingerprint density at radius 1 is 0.969 bits per heavy atom. The molecular weight excluding hydrogens is 422 g/mol. The molecule has 0 radical (unpaired) electrons. The van der Waals surface area contributed by atoms with E-state index >= 15 is 0 Å². The number of rotatable bonds is 3. The summed E-state index contributed by atoms with van der Waals surface area (Å²) in [7, 11) is 2.13. The van der Waals surface area contributed by atoms with Crippen molar-refractivity contribution in [1.82, 2.24) is 4.90 Å². The Kier molecular flexibility index (Phi) is 6.50. The van der Waals surface area contributed by atoms with Crippen molar-refractivity contribution >= 4 is 35.0 Å². The summed E-state index contributed by atoms with van der Waals surface area (Å²) in [6.45, 7) is 11.4. The molecule has 0 saturated carbocycles. The fourth-order valence-corrected chi connectivity index (χ4v) is 4.38. The third kappa shape index (κ3) is 4.79. The van der Waals surface area contributed by atoms with Crippen LogP contribution in [-0.2, 0) is 14.9 Å². The number of anilines is 2. The smallest absolute Gasteiger partial charge is 0.293 e. The minimum atomic E-state index is -0.135. The predicted octanol–water partition coefficient (Wildman–Crippen LogP) is 4.79. The van der Waals surface area contributed by atoms with Crippen molar-refractivity contribution in [2.45, 2.75) is 26.2 Å². The molecule has 0 aromatic heterocycles. The summed E-state index contributed by atoms with van der Waals surface area (Å²) in [5.74, 6) is 0.198. The predicted molar refractivity (Wildman–Crippen MR) is 133 cm³/mol. The molecule has 2 aliphatic heterocycles. The number of carbonyl (C=O) groups excluding carboxylic acids is 1. The molecule has 0 aliphatic carbocycles. The lowest BCUT2D eigenvalue weighted by Gasteiger charge is -2.35. The molecule has 0 spiro atoms. The number of benzene rings is 2. The molecule has 0 N–H and O–H groups in total. The maximum atomic E-state index is 13.3. The Hall–Kier alpha value is -2.50. The van der Waals surface area contributed by atoms with Gasteiger partial charge in [-0.25, -0.2) is 0 Å². The van der Waals surface area contributed by atoms with Gasteiger partial charge in [0.1, 0.15) is 6.61 Å². The highest BCUT2D eigenvalue weighted by Crippen LogP contribution is 2.32. The largest absolute Gasteiger partial charge is 0.486 e. The zero-order valence-electron chi connectivity index (χ0n) is 19.4. The second-order valence-corrected chi connectivity index (χ2v) is 9.98. The van der Waals surface area contributed by atoms with Crippen LogP contribution in [0.4, 0.5) is 11.4 Å². The normalized spacial score (nSPS) is 19.4. The lowest BCUT2D eigenvalue weighted by molar-refractivity contribution is -0.120. The van der Waals surface area contributed by atoms with E-state index in [1.807, 2.05) is 30.3 Å². The number of amides is 1. The van der Waals surface area contributed by atoms with Crippen LogP contribution in [0.15, 0.2) is 48.2 Å². The summed E-state index contributed by atoms with van der Waals surface area (Å²) in [5.41, 5.74) is 4.08. The Morgan fingerprint density at radius 2 is 1.66 bits per heavy atom. The van der Waals surface area contributed by atoms with Gasteiger partial charge in [0.25, 0.3) is 5.91 Å². The van der Waals surface area contributed by atoms with E-state index in [9.17, 15) is 4.79 Å². The third-order valence-electron chi connectivity index (χ3n) is 6.22. The quantitative estimate of drug-likeness (QED) is 0.626. The monoisotopic (exact) mass is 453 g/mol. The van der Waals surface area contributed by atoms with Crippen LogP contribution in [0, 0.1) is 0 Å². The summed E-state index contributed by atoms with van der Waals surface area (Å²) in [5, 5.41) is 0.622. The molecule has 2 aliphatic rings. The van der Waals surface area contributed by atoms with Crippen molar-refractivity contribution in [2.24, 2.45) is 0 Å². The standard InChI is InChI=1S/C26H32ClN3O2/c1-26(2,3)19-8-10-20(11-9-19)30-16-17-32-24(25(30)31)18-21-22(27)6-5-7-23(21)29-14-12-28(4)13-15-29/h5-11,18H,12-17H2,1-4H3. The van der Waals surface area contributed by atoms with Gasteiger partial charge >= 0.3 is 0 Å². The first kappa shape index (κ1) is 22.7. The highest BCUT2D eigenvalue weighted by Gasteiger charge is 2.28. The van der Waals surface area contributed by atoms with Crippen LogP contribution in [0.1, 0.15) is 31.9 Å². The van der Waals surface area contributed by atoms with Crippen molar-refractivity contribution in [3.05, 3.63) is 64.4 Å². The summed E-state index contributed by atoms with van der Waals surface area (Å²) in [6, 6.07) is 14.1. The number of piperazine rings is 1. The number of morpholine rings is 1. The van der Waals surface area contributed by atoms with Crippen molar-refractivity contribution in [1.29, 1.82) is 0 Å². The van der Waals surface area contributed by atoms with Gasteiger partial charge in [-0.3, -0.25) is 4.79 Å². The summed E-state index contributed by atoms with van der Waals surface area (Å²) in [4.78, 5) is 19.8. The molecular formula is C26H32ClN3O2. The molecule has 0 bridgehead atoms. The van der Waals surface area contributed by atoms with Gasteiger partial charge in [-0.1, -0.05) is 50.6 Å². The van der Waals surface area contributed by atoms with Crippen LogP contribution in [-0.4, -0.2) is 57.2 Å². The molecule has 2 aromatic rings. The van der Waals surface area contributed by atoms with E-state index < -0.39 is 0 Å². The van der Waals surface area contributed by atoms with Crippen LogP contribution >= 0.6 is 11.6 Å². The first-order chi connectivity index (χ1) is 15.2. The molecule has 6 heteroatoms. The molecule has 4 rings (SSSR count). The zero-order chi connectivity index (χ0) is 22.9. The van der Waals surface area contributed by atoms with Gasteiger partial charge in [0.15, 0.2) is 5.76 Å². The van der Waals surface area contributed by atoms with Gasteiger partial charge in [-0.15, -0.1) is 0 Å². The fraction of sp³-hybridized carbons (Fsp3) is 0.423. The maximum absolute atomic E-state index is 13.3. The van der Waals surface area contributed by atoms with Crippen molar-refractivity contribution in [2.75, 3.05) is 56.2 Å². The lowest BCUT2D eigenvalue weighted by Crippen LogP contribution is -2.44. The maximum Gasteiger partial charge on any atom is 0.293 e. The van der Waals surface area contributed by atoms with Gasteiger partial charge in [0.05, 0.1) is 11.6 Å².